The van der Waals surface area contributed by atoms with Gasteiger partial charge in [0.05, 0.1) is 23.9 Å². The number of aromatic nitrogens is 2. The molecule has 1 fully saturated rings. The summed E-state index contributed by atoms with van der Waals surface area (Å²) in [5.41, 5.74) is 4.29. The number of nitrogens with one attached hydrogen (secondary N) is 2. The predicted molar refractivity (Wildman–Crippen MR) is 180 cm³/mol. The van der Waals surface area contributed by atoms with Gasteiger partial charge in [0.1, 0.15) is 5.82 Å². The number of alkyl halides is 3. The maximum atomic E-state index is 12.6. The van der Waals surface area contributed by atoms with E-state index in [1.165, 1.54) is 32.1 Å². The number of carbonyl (C=O) groups is 2. The fraction of sp³-hybridized carbons (Fsp3) is 0.378. The molecule has 1 amide bonds. The van der Waals surface area contributed by atoms with Crippen molar-refractivity contribution < 1.29 is 27.5 Å². The number of methoxy groups -OCH3 is 1. The first-order valence-electron chi connectivity index (χ1n) is 16.0. The van der Waals surface area contributed by atoms with Gasteiger partial charge < -0.3 is 15.0 Å². The lowest BCUT2D eigenvalue weighted by molar-refractivity contribution is -0.137. The SMILES string of the molecule is CC.COC(=O)c1ccc(CCC(=O)Nc2ccccc2)cc1.Cc1[nH]c(-c2ccc(C(F)(F)F)cc2)nc1CN1CCC(C)CC1. The molecule has 0 radical (unpaired) electrons. The quantitative estimate of drug-likeness (QED) is 0.186. The Morgan fingerprint density at radius 1 is 0.957 bits per heavy atom. The number of hydrogen-bond acceptors (Lipinski definition) is 5. The number of imidazole rings is 1. The van der Waals surface area contributed by atoms with E-state index in [1.54, 1.807) is 12.1 Å². The standard InChI is InChI=1S/C18H22F3N3.C17H17NO3.C2H6/c1-12-7-9-24(10-8-12)11-16-13(2)22-17(23-16)14-3-5-15(6-4-14)18(19,20)21;1-21-17(20)14-10-7-13(8-11-14)9-12-16(19)18-15-5-3-2-4-6-15;1-2/h3-6,12H,7-11H2,1-2H3,(H,22,23);2-8,10-11H,9,12H2,1H3,(H,18,19);1-2H3. The number of aromatic amines is 1. The fourth-order valence-electron chi connectivity index (χ4n) is 4.96. The molecule has 0 unspecified atom stereocenters. The Kier molecular flexibility index (Phi) is 14.2. The molecule has 7 nitrogen and oxygen atoms in total. The van der Waals surface area contributed by atoms with Crippen molar-refractivity contribution in [2.24, 2.45) is 5.92 Å². The number of hydrogen-bond donors (Lipinski definition) is 2. The molecule has 1 saturated heterocycles. The van der Waals surface area contributed by atoms with E-state index in [1.807, 2.05) is 63.2 Å². The Balaban J connectivity index is 0.000000245. The van der Waals surface area contributed by atoms with E-state index in [9.17, 15) is 22.8 Å². The van der Waals surface area contributed by atoms with E-state index in [0.29, 0.717) is 29.8 Å². The zero-order valence-electron chi connectivity index (χ0n) is 27.8. The van der Waals surface area contributed by atoms with E-state index in [2.05, 4.69) is 31.8 Å². The van der Waals surface area contributed by atoms with Crippen molar-refractivity contribution in [3.8, 4) is 11.4 Å². The summed E-state index contributed by atoms with van der Waals surface area (Å²) in [4.78, 5) is 33.3. The summed E-state index contributed by atoms with van der Waals surface area (Å²) in [7, 11) is 1.35. The average Bonchev–Trinajstić information content (AvgIpc) is 3.45. The number of anilines is 1. The summed E-state index contributed by atoms with van der Waals surface area (Å²) in [6, 6.07) is 21.6. The molecule has 1 aliphatic heterocycles. The number of amides is 1. The highest BCUT2D eigenvalue weighted by atomic mass is 19.4. The Labute approximate surface area is 275 Å². The van der Waals surface area contributed by atoms with Gasteiger partial charge in [0.15, 0.2) is 0 Å². The molecule has 1 aromatic heterocycles. The highest BCUT2D eigenvalue weighted by Gasteiger charge is 2.30. The molecule has 4 aromatic rings. The van der Waals surface area contributed by atoms with Gasteiger partial charge >= 0.3 is 12.1 Å². The minimum atomic E-state index is -4.31. The lowest BCUT2D eigenvalue weighted by Gasteiger charge is -2.29. The second-order valence-electron chi connectivity index (χ2n) is 11.3. The first-order chi connectivity index (χ1) is 22.5. The number of H-pyrrole nitrogens is 1. The van der Waals surface area contributed by atoms with Gasteiger partial charge in [-0.05, 0) is 87.2 Å². The van der Waals surface area contributed by atoms with Crippen LogP contribution in [0, 0.1) is 12.8 Å². The molecule has 3 aromatic carbocycles. The molecule has 2 heterocycles. The number of para-hydroxylation sites is 1. The van der Waals surface area contributed by atoms with E-state index < -0.39 is 11.7 Å². The molecule has 0 aliphatic carbocycles. The molecule has 10 heteroatoms. The molecular formula is C37H45F3N4O3. The van der Waals surface area contributed by atoms with Gasteiger partial charge in [-0.2, -0.15) is 13.2 Å². The van der Waals surface area contributed by atoms with Crippen LogP contribution in [0.3, 0.4) is 0 Å². The van der Waals surface area contributed by atoms with Crippen LogP contribution in [0.1, 0.15) is 72.9 Å². The number of benzene rings is 3. The number of esters is 1. The maximum Gasteiger partial charge on any atom is 0.416 e. The zero-order valence-corrected chi connectivity index (χ0v) is 27.8. The van der Waals surface area contributed by atoms with E-state index in [0.717, 1.165) is 60.3 Å². The third-order valence-corrected chi connectivity index (χ3v) is 7.79. The number of piperidine rings is 1. The van der Waals surface area contributed by atoms with Crippen LogP contribution in [0.5, 0.6) is 0 Å². The highest BCUT2D eigenvalue weighted by molar-refractivity contribution is 5.91. The van der Waals surface area contributed by atoms with Crippen LogP contribution in [-0.2, 0) is 28.7 Å². The van der Waals surface area contributed by atoms with Crippen LogP contribution in [0.4, 0.5) is 18.9 Å². The van der Waals surface area contributed by atoms with E-state index in [-0.39, 0.29) is 11.9 Å². The Hall–Kier alpha value is -4.44. The Morgan fingerprint density at radius 2 is 1.57 bits per heavy atom. The summed E-state index contributed by atoms with van der Waals surface area (Å²) in [6.45, 7) is 11.2. The molecular weight excluding hydrogens is 605 g/mol. The third kappa shape index (κ3) is 11.7. The molecule has 0 spiro atoms. The van der Waals surface area contributed by atoms with Crippen LogP contribution < -0.4 is 5.32 Å². The number of aryl methyl sites for hydroxylation is 2. The molecule has 47 heavy (non-hydrogen) atoms. The zero-order chi connectivity index (χ0) is 34.4. The minimum Gasteiger partial charge on any atom is -0.465 e. The topological polar surface area (TPSA) is 87.3 Å². The number of carbonyl (C=O) groups excluding carboxylic acids is 2. The summed E-state index contributed by atoms with van der Waals surface area (Å²) < 4.78 is 42.6. The third-order valence-electron chi connectivity index (χ3n) is 7.79. The van der Waals surface area contributed by atoms with Crippen molar-refractivity contribution in [3.05, 3.63) is 107 Å². The van der Waals surface area contributed by atoms with Crippen LogP contribution in [0.15, 0.2) is 78.9 Å². The van der Waals surface area contributed by atoms with Gasteiger partial charge in [-0.3, -0.25) is 9.69 Å². The van der Waals surface area contributed by atoms with E-state index >= 15 is 0 Å². The highest BCUT2D eigenvalue weighted by Crippen LogP contribution is 2.31. The summed E-state index contributed by atoms with van der Waals surface area (Å²) >= 11 is 0. The molecule has 0 atom stereocenters. The number of rotatable bonds is 8. The van der Waals surface area contributed by atoms with E-state index in [4.69, 9.17) is 0 Å². The molecule has 0 bridgehead atoms. The van der Waals surface area contributed by atoms with Crippen LogP contribution in [0.25, 0.3) is 11.4 Å². The molecule has 1 aliphatic rings. The predicted octanol–water partition coefficient (Wildman–Crippen LogP) is 8.71. The number of likely N-dealkylation sites (tertiary alicyclic amines) is 1. The van der Waals surface area contributed by atoms with Gasteiger partial charge in [-0.1, -0.05) is 63.2 Å². The van der Waals surface area contributed by atoms with Crippen LogP contribution in [-0.4, -0.2) is 46.9 Å². The van der Waals surface area contributed by atoms with Crippen molar-refractivity contribution in [3.63, 3.8) is 0 Å². The first-order valence-corrected chi connectivity index (χ1v) is 16.0. The smallest absolute Gasteiger partial charge is 0.416 e. The van der Waals surface area contributed by atoms with Crippen LogP contribution >= 0.6 is 0 Å². The van der Waals surface area contributed by atoms with Crippen molar-refractivity contribution in [2.75, 3.05) is 25.5 Å². The number of halogens is 3. The Morgan fingerprint density at radius 3 is 2.15 bits per heavy atom. The van der Waals surface area contributed by atoms with Gasteiger partial charge in [0.2, 0.25) is 5.91 Å². The van der Waals surface area contributed by atoms with Crippen molar-refractivity contribution in [1.29, 1.82) is 0 Å². The lowest BCUT2D eigenvalue weighted by Crippen LogP contribution is -2.32. The molecule has 2 N–H and O–H groups in total. The maximum absolute atomic E-state index is 12.6. The first kappa shape index (κ1) is 37.0. The summed E-state index contributed by atoms with van der Waals surface area (Å²) in [5, 5.41) is 2.84. The Bertz CT molecular complexity index is 1530. The van der Waals surface area contributed by atoms with Crippen molar-refractivity contribution in [2.45, 2.75) is 66.1 Å². The van der Waals surface area contributed by atoms with Gasteiger partial charge in [0.25, 0.3) is 0 Å². The van der Waals surface area contributed by atoms with Crippen molar-refractivity contribution in [1.82, 2.24) is 14.9 Å². The lowest BCUT2D eigenvalue weighted by atomic mass is 9.99. The van der Waals surface area contributed by atoms with Crippen molar-refractivity contribution >= 4 is 17.6 Å². The second-order valence-corrected chi connectivity index (χ2v) is 11.3. The normalized spacial score (nSPS) is 13.4. The van der Waals surface area contributed by atoms with Crippen LogP contribution in [0.2, 0.25) is 0 Å². The minimum absolute atomic E-state index is 0.0294. The number of nitrogens with zero attached hydrogens (tertiary/aromatic N) is 2. The monoisotopic (exact) mass is 650 g/mol. The molecule has 0 saturated carbocycles. The molecule has 5 rings (SSSR count). The largest absolute Gasteiger partial charge is 0.465 e. The summed E-state index contributed by atoms with van der Waals surface area (Å²) in [6.07, 6.45) is -0.884. The average molecular weight is 651 g/mol. The number of ether oxygens (including phenoxy) is 1. The fourth-order valence-corrected chi connectivity index (χ4v) is 4.96. The molecule has 252 valence electrons. The van der Waals surface area contributed by atoms with Gasteiger partial charge in [-0.25, -0.2) is 9.78 Å². The van der Waals surface area contributed by atoms with Gasteiger partial charge in [-0.15, -0.1) is 0 Å². The summed E-state index contributed by atoms with van der Waals surface area (Å²) in [5.74, 6) is 1.02. The van der Waals surface area contributed by atoms with Gasteiger partial charge in [0, 0.05) is 29.9 Å². The second kappa shape index (κ2) is 18.0.